The van der Waals surface area contributed by atoms with Gasteiger partial charge in [-0.25, -0.2) is 0 Å². The van der Waals surface area contributed by atoms with Crippen molar-refractivity contribution in [3.8, 4) is 0 Å². The Balaban J connectivity index is 2.24. The Hall–Kier alpha value is -1.05. The van der Waals surface area contributed by atoms with Gasteiger partial charge in [-0.3, -0.25) is 4.79 Å². The Morgan fingerprint density at radius 3 is 2.76 bits per heavy atom. The van der Waals surface area contributed by atoms with E-state index in [0.29, 0.717) is 23.7 Å². The second-order valence-corrected chi connectivity index (χ2v) is 5.77. The van der Waals surface area contributed by atoms with Gasteiger partial charge in [-0.05, 0) is 43.4 Å². The highest BCUT2D eigenvalue weighted by molar-refractivity contribution is 5.70. The van der Waals surface area contributed by atoms with E-state index in [9.17, 15) is 9.90 Å². The fourth-order valence-electron chi connectivity index (χ4n) is 3.45. The van der Waals surface area contributed by atoms with Gasteiger partial charge in [0.15, 0.2) is 0 Å². The monoisotopic (exact) mass is 234 g/mol. The second kappa shape index (κ2) is 4.67. The maximum atomic E-state index is 11.2. The molecule has 1 fully saturated rings. The van der Waals surface area contributed by atoms with Crippen LogP contribution in [-0.4, -0.2) is 11.1 Å². The summed E-state index contributed by atoms with van der Waals surface area (Å²) in [6, 6.07) is 0. The number of allylic oxidation sites excluding steroid dienone is 4. The van der Waals surface area contributed by atoms with Crippen LogP contribution in [0.2, 0.25) is 0 Å². The molecule has 2 heteroatoms. The predicted octanol–water partition coefficient (Wildman–Crippen LogP) is 3.50. The highest BCUT2D eigenvalue weighted by Crippen LogP contribution is 2.45. The van der Waals surface area contributed by atoms with Crippen molar-refractivity contribution in [3.05, 3.63) is 23.8 Å². The zero-order chi connectivity index (χ0) is 12.6. The second-order valence-electron chi connectivity index (χ2n) is 5.77. The van der Waals surface area contributed by atoms with E-state index in [2.05, 4.69) is 32.1 Å². The van der Waals surface area contributed by atoms with Crippen molar-refractivity contribution in [2.24, 2.45) is 29.6 Å². The van der Waals surface area contributed by atoms with Crippen LogP contribution < -0.4 is 0 Å². The van der Waals surface area contributed by atoms with Gasteiger partial charge < -0.3 is 5.11 Å². The quantitative estimate of drug-likeness (QED) is 0.794. The first-order valence-corrected chi connectivity index (χ1v) is 6.60. The van der Waals surface area contributed by atoms with Gasteiger partial charge in [0.05, 0.1) is 5.92 Å². The van der Waals surface area contributed by atoms with Crippen molar-refractivity contribution >= 4 is 5.97 Å². The van der Waals surface area contributed by atoms with Gasteiger partial charge in [0, 0.05) is 0 Å². The summed E-state index contributed by atoms with van der Waals surface area (Å²) in [6.07, 6.45) is 8.98. The zero-order valence-corrected chi connectivity index (χ0v) is 10.9. The lowest BCUT2D eigenvalue weighted by atomic mass is 9.62. The first-order chi connectivity index (χ1) is 8.00. The lowest BCUT2D eigenvalue weighted by molar-refractivity contribution is -0.144. The highest BCUT2D eigenvalue weighted by Gasteiger charge is 2.40. The molecule has 0 aromatic heterocycles. The number of fused-ring (bicyclic) bond motifs is 1. The number of hydrogen-bond acceptors (Lipinski definition) is 1. The van der Waals surface area contributed by atoms with Gasteiger partial charge in [0.25, 0.3) is 0 Å². The zero-order valence-electron chi connectivity index (χ0n) is 10.9. The number of hydrogen-bond donors (Lipinski definition) is 1. The van der Waals surface area contributed by atoms with Crippen LogP contribution in [0.4, 0.5) is 0 Å². The summed E-state index contributed by atoms with van der Waals surface area (Å²) >= 11 is 0. The molecule has 94 valence electrons. The van der Waals surface area contributed by atoms with E-state index in [1.165, 1.54) is 5.57 Å². The van der Waals surface area contributed by atoms with Gasteiger partial charge >= 0.3 is 5.97 Å². The molecule has 0 bridgehead atoms. The topological polar surface area (TPSA) is 37.3 Å². The number of carboxylic acids is 1. The Bertz CT molecular complexity index is 367. The van der Waals surface area contributed by atoms with E-state index in [0.717, 1.165) is 12.8 Å². The van der Waals surface area contributed by atoms with E-state index in [4.69, 9.17) is 0 Å². The van der Waals surface area contributed by atoms with Crippen LogP contribution in [0, 0.1) is 29.6 Å². The van der Waals surface area contributed by atoms with Crippen LogP contribution in [0.1, 0.15) is 33.6 Å². The van der Waals surface area contributed by atoms with Crippen LogP contribution in [0.5, 0.6) is 0 Å². The molecule has 5 atom stereocenters. The first-order valence-electron chi connectivity index (χ1n) is 6.60. The molecule has 0 heterocycles. The summed E-state index contributed by atoms with van der Waals surface area (Å²) in [7, 11) is 0. The molecule has 2 aliphatic rings. The number of aliphatic carboxylic acids is 1. The van der Waals surface area contributed by atoms with Crippen molar-refractivity contribution < 1.29 is 9.90 Å². The molecule has 2 rings (SSSR count). The molecule has 17 heavy (non-hydrogen) atoms. The molecule has 0 aliphatic heterocycles. The lowest BCUT2D eigenvalue weighted by Gasteiger charge is -2.42. The standard InChI is InChI=1S/C15H22O2/c1-9-4-6-12-10(2)5-7-13(14(12)8-9)11(3)15(16)17/h4,6,8,10-14H,5,7H2,1-3H3,(H,16,17)/t10-,11-,12+,13+,14+/m1/s1. The van der Waals surface area contributed by atoms with Gasteiger partial charge in [-0.2, -0.15) is 0 Å². The average molecular weight is 234 g/mol. The Morgan fingerprint density at radius 1 is 1.41 bits per heavy atom. The summed E-state index contributed by atoms with van der Waals surface area (Å²) in [4.78, 5) is 11.2. The predicted molar refractivity (Wildman–Crippen MR) is 68.6 cm³/mol. The molecule has 2 nitrogen and oxygen atoms in total. The van der Waals surface area contributed by atoms with Crippen molar-refractivity contribution in [1.29, 1.82) is 0 Å². The minimum absolute atomic E-state index is 0.231. The highest BCUT2D eigenvalue weighted by atomic mass is 16.4. The van der Waals surface area contributed by atoms with E-state index >= 15 is 0 Å². The van der Waals surface area contributed by atoms with Crippen molar-refractivity contribution in [2.45, 2.75) is 33.6 Å². The van der Waals surface area contributed by atoms with Crippen molar-refractivity contribution in [2.75, 3.05) is 0 Å². The molecule has 0 aromatic carbocycles. The third kappa shape index (κ3) is 2.31. The van der Waals surface area contributed by atoms with Gasteiger partial charge in [0.1, 0.15) is 0 Å². The third-order valence-electron chi connectivity index (χ3n) is 4.62. The van der Waals surface area contributed by atoms with Gasteiger partial charge in [-0.15, -0.1) is 0 Å². The van der Waals surface area contributed by atoms with Crippen LogP contribution in [0.3, 0.4) is 0 Å². The van der Waals surface area contributed by atoms with Crippen molar-refractivity contribution in [1.82, 2.24) is 0 Å². The minimum Gasteiger partial charge on any atom is -0.481 e. The molecular formula is C15H22O2. The van der Waals surface area contributed by atoms with Crippen LogP contribution >= 0.6 is 0 Å². The van der Waals surface area contributed by atoms with E-state index in [1.54, 1.807) is 0 Å². The minimum atomic E-state index is -0.649. The lowest BCUT2D eigenvalue weighted by Crippen LogP contribution is -2.38. The van der Waals surface area contributed by atoms with Gasteiger partial charge in [0.2, 0.25) is 0 Å². The number of carboxylic acid groups (broad SMARTS) is 1. The summed E-state index contributed by atoms with van der Waals surface area (Å²) in [5.74, 6) is 1.06. The summed E-state index contributed by atoms with van der Waals surface area (Å²) in [5, 5.41) is 9.22. The molecular weight excluding hydrogens is 212 g/mol. The van der Waals surface area contributed by atoms with E-state index in [-0.39, 0.29) is 5.92 Å². The average Bonchev–Trinajstić information content (AvgIpc) is 2.28. The fraction of sp³-hybridized carbons (Fsp3) is 0.667. The van der Waals surface area contributed by atoms with Gasteiger partial charge in [-0.1, -0.05) is 37.6 Å². The molecule has 0 aromatic rings. The van der Waals surface area contributed by atoms with Crippen LogP contribution in [-0.2, 0) is 4.79 Å². The number of rotatable bonds is 2. The summed E-state index contributed by atoms with van der Waals surface area (Å²) < 4.78 is 0. The Morgan fingerprint density at radius 2 is 2.12 bits per heavy atom. The molecule has 2 aliphatic carbocycles. The maximum Gasteiger partial charge on any atom is 0.306 e. The smallest absolute Gasteiger partial charge is 0.306 e. The largest absolute Gasteiger partial charge is 0.481 e. The molecule has 0 amide bonds. The molecule has 0 radical (unpaired) electrons. The Labute approximate surface area is 103 Å². The van der Waals surface area contributed by atoms with E-state index in [1.807, 2.05) is 6.92 Å². The Kier molecular flexibility index (Phi) is 3.41. The van der Waals surface area contributed by atoms with Crippen LogP contribution in [0.25, 0.3) is 0 Å². The molecule has 0 spiro atoms. The van der Waals surface area contributed by atoms with E-state index < -0.39 is 5.97 Å². The third-order valence-corrected chi connectivity index (χ3v) is 4.62. The molecule has 0 saturated heterocycles. The number of carbonyl (C=O) groups is 1. The molecule has 1 saturated carbocycles. The first kappa shape index (κ1) is 12.4. The normalized spacial score (nSPS) is 38.2. The summed E-state index contributed by atoms with van der Waals surface area (Å²) in [5.41, 5.74) is 1.28. The molecule has 0 unspecified atom stereocenters. The van der Waals surface area contributed by atoms with Crippen molar-refractivity contribution in [3.63, 3.8) is 0 Å². The van der Waals surface area contributed by atoms with Crippen LogP contribution in [0.15, 0.2) is 23.8 Å². The summed E-state index contributed by atoms with van der Waals surface area (Å²) in [6.45, 7) is 6.26. The SMILES string of the molecule is CC1=C[C@H]2[C@@H](C=C1)[C@H](C)CC[C@H]2[C@@H](C)C(=O)O. The molecule has 1 N–H and O–H groups in total. The maximum absolute atomic E-state index is 11.2. The fourth-order valence-corrected chi connectivity index (χ4v) is 3.45.